The molecular formula is C12H13NO. The van der Waals surface area contributed by atoms with Gasteiger partial charge in [0.25, 0.3) is 0 Å². The van der Waals surface area contributed by atoms with E-state index >= 15 is 0 Å². The van der Waals surface area contributed by atoms with E-state index in [2.05, 4.69) is 4.98 Å². The molecule has 1 aromatic heterocycles. The van der Waals surface area contributed by atoms with Crippen molar-refractivity contribution >= 4 is 5.78 Å². The minimum atomic E-state index is 0.0569. The molecule has 72 valence electrons. The van der Waals surface area contributed by atoms with Crippen molar-refractivity contribution in [2.75, 3.05) is 0 Å². The molecular weight excluding hydrogens is 174 g/mol. The van der Waals surface area contributed by atoms with Crippen LogP contribution in [0.25, 0.3) is 0 Å². The quantitative estimate of drug-likeness (QED) is 0.680. The van der Waals surface area contributed by atoms with Gasteiger partial charge in [-0.15, -0.1) is 0 Å². The van der Waals surface area contributed by atoms with Crippen LogP contribution in [0.4, 0.5) is 0 Å². The van der Waals surface area contributed by atoms with Crippen LogP contribution in [-0.4, -0.2) is 10.8 Å². The molecule has 2 aliphatic carbocycles. The topological polar surface area (TPSA) is 30.0 Å². The molecule has 0 unspecified atom stereocenters. The lowest BCUT2D eigenvalue weighted by molar-refractivity contribution is 0.0881. The van der Waals surface area contributed by atoms with Crippen LogP contribution >= 0.6 is 0 Å². The van der Waals surface area contributed by atoms with Crippen molar-refractivity contribution in [3.05, 3.63) is 30.1 Å². The van der Waals surface area contributed by atoms with Gasteiger partial charge in [-0.05, 0) is 43.7 Å². The predicted molar refractivity (Wildman–Crippen MR) is 53.0 cm³/mol. The Bertz CT molecular complexity index is 363. The molecule has 14 heavy (non-hydrogen) atoms. The zero-order valence-corrected chi connectivity index (χ0v) is 8.07. The highest BCUT2D eigenvalue weighted by atomic mass is 16.1. The van der Waals surface area contributed by atoms with Crippen molar-refractivity contribution < 1.29 is 4.79 Å². The molecule has 0 saturated heterocycles. The number of ketones is 1. The maximum absolute atomic E-state index is 12.2. The molecule has 2 aliphatic rings. The lowest BCUT2D eigenvalue weighted by atomic mass is 9.90. The van der Waals surface area contributed by atoms with Crippen molar-refractivity contribution in [3.8, 4) is 0 Å². The zero-order chi connectivity index (χ0) is 9.60. The summed E-state index contributed by atoms with van der Waals surface area (Å²) in [6, 6.07) is 3.68. The Morgan fingerprint density at radius 2 is 1.93 bits per heavy atom. The summed E-state index contributed by atoms with van der Waals surface area (Å²) in [5, 5.41) is 0. The Kier molecular flexibility index (Phi) is 1.55. The fourth-order valence-electron chi connectivity index (χ4n) is 2.38. The number of hydrogen-bond donors (Lipinski definition) is 0. The average molecular weight is 187 g/mol. The predicted octanol–water partition coefficient (Wildman–Crippen LogP) is 2.45. The highest BCUT2D eigenvalue weighted by Gasteiger charge is 2.58. The fraction of sp³-hybridized carbons (Fsp3) is 0.500. The maximum Gasteiger partial charge on any atom is 0.169 e. The Balaban J connectivity index is 1.89. The Morgan fingerprint density at radius 3 is 2.43 bits per heavy atom. The summed E-state index contributed by atoms with van der Waals surface area (Å²) in [6.45, 7) is 0. The molecule has 0 spiro atoms. The molecule has 1 heterocycles. The van der Waals surface area contributed by atoms with Crippen molar-refractivity contribution in [3.63, 3.8) is 0 Å². The van der Waals surface area contributed by atoms with E-state index in [4.69, 9.17) is 0 Å². The van der Waals surface area contributed by atoms with Crippen LogP contribution < -0.4 is 0 Å². The Morgan fingerprint density at radius 1 is 1.29 bits per heavy atom. The van der Waals surface area contributed by atoms with Gasteiger partial charge in [-0.25, -0.2) is 0 Å². The second kappa shape index (κ2) is 2.66. The zero-order valence-electron chi connectivity index (χ0n) is 8.07. The first-order chi connectivity index (χ1) is 6.83. The molecule has 2 heteroatoms. The van der Waals surface area contributed by atoms with Gasteiger partial charge >= 0.3 is 0 Å². The SMILES string of the molecule is O=C(c1ccncc1)C1(C2CC2)CC1. The molecule has 0 radical (unpaired) electrons. The lowest BCUT2D eigenvalue weighted by Gasteiger charge is -2.11. The minimum Gasteiger partial charge on any atom is -0.294 e. The smallest absolute Gasteiger partial charge is 0.169 e. The molecule has 0 aromatic carbocycles. The van der Waals surface area contributed by atoms with Gasteiger partial charge in [0.2, 0.25) is 0 Å². The normalized spacial score (nSPS) is 23.1. The number of pyridine rings is 1. The summed E-state index contributed by atoms with van der Waals surface area (Å²) in [5.41, 5.74) is 0.908. The molecule has 3 rings (SSSR count). The summed E-state index contributed by atoms with van der Waals surface area (Å²) in [6.07, 6.45) is 8.15. The lowest BCUT2D eigenvalue weighted by Crippen LogP contribution is -2.18. The first kappa shape index (κ1) is 8.16. The number of aromatic nitrogens is 1. The number of Topliss-reactive ketones (excluding diaryl/α,β-unsaturated/α-hetero) is 1. The minimum absolute atomic E-state index is 0.0569. The van der Waals surface area contributed by atoms with Gasteiger partial charge in [0.15, 0.2) is 5.78 Å². The fourth-order valence-corrected chi connectivity index (χ4v) is 2.38. The maximum atomic E-state index is 12.2. The molecule has 2 nitrogen and oxygen atoms in total. The van der Waals surface area contributed by atoms with Crippen molar-refractivity contribution in [1.82, 2.24) is 4.98 Å². The van der Waals surface area contributed by atoms with Crippen LogP contribution in [0, 0.1) is 11.3 Å². The van der Waals surface area contributed by atoms with Gasteiger partial charge in [-0.3, -0.25) is 9.78 Å². The van der Waals surface area contributed by atoms with E-state index in [1.807, 2.05) is 12.1 Å². The van der Waals surface area contributed by atoms with Gasteiger partial charge in [0, 0.05) is 23.4 Å². The van der Waals surface area contributed by atoms with Crippen LogP contribution in [0.3, 0.4) is 0 Å². The summed E-state index contributed by atoms with van der Waals surface area (Å²) < 4.78 is 0. The third kappa shape index (κ3) is 1.10. The first-order valence-corrected chi connectivity index (χ1v) is 5.28. The van der Waals surface area contributed by atoms with Gasteiger partial charge in [0.1, 0.15) is 0 Å². The molecule has 0 atom stereocenters. The number of nitrogens with zero attached hydrogens (tertiary/aromatic N) is 1. The average Bonchev–Trinajstić information content (AvgIpc) is 3.07. The van der Waals surface area contributed by atoms with E-state index in [-0.39, 0.29) is 5.41 Å². The monoisotopic (exact) mass is 187 g/mol. The third-order valence-electron chi connectivity index (χ3n) is 3.54. The van der Waals surface area contributed by atoms with Gasteiger partial charge in [-0.1, -0.05) is 0 Å². The first-order valence-electron chi connectivity index (χ1n) is 5.28. The summed E-state index contributed by atoms with van der Waals surface area (Å²) >= 11 is 0. The second-order valence-electron chi connectivity index (χ2n) is 4.50. The number of rotatable bonds is 3. The summed E-state index contributed by atoms with van der Waals surface area (Å²) in [4.78, 5) is 16.1. The highest BCUT2D eigenvalue weighted by molar-refractivity contribution is 6.02. The summed E-state index contributed by atoms with van der Waals surface area (Å²) in [5.74, 6) is 1.06. The summed E-state index contributed by atoms with van der Waals surface area (Å²) in [7, 11) is 0. The second-order valence-corrected chi connectivity index (χ2v) is 4.50. The van der Waals surface area contributed by atoms with Crippen molar-refractivity contribution in [1.29, 1.82) is 0 Å². The molecule has 0 amide bonds. The molecule has 2 fully saturated rings. The van der Waals surface area contributed by atoms with Gasteiger partial charge in [-0.2, -0.15) is 0 Å². The molecule has 0 N–H and O–H groups in total. The van der Waals surface area contributed by atoms with E-state index in [9.17, 15) is 4.79 Å². The number of carbonyl (C=O) groups excluding carboxylic acids is 1. The van der Waals surface area contributed by atoms with E-state index in [1.165, 1.54) is 12.8 Å². The van der Waals surface area contributed by atoms with Crippen LogP contribution in [0.5, 0.6) is 0 Å². The van der Waals surface area contributed by atoms with Crippen LogP contribution in [0.1, 0.15) is 36.0 Å². The Labute approximate surface area is 83.4 Å². The van der Waals surface area contributed by atoms with Crippen molar-refractivity contribution in [2.45, 2.75) is 25.7 Å². The molecule has 0 bridgehead atoms. The molecule has 1 aromatic rings. The van der Waals surface area contributed by atoms with E-state index in [0.29, 0.717) is 11.7 Å². The third-order valence-corrected chi connectivity index (χ3v) is 3.54. The van der Waals surface area contributed by atoms with Crippen LogP contribution in [0.15, 0.2) is 24.5 Å². The van der Waals surface area contributed by atoms with E-state index in [0.717, 1.165) is 18.4 Å². The highest BCUT2D eigenvalue weighted by Crippen LogP contribution is 2.62. The number of carbonyl (C=O) groups is 1. The Hall–Kier alpha value is -1.18. The van der Waals surface area contributed by atoms with Gasteiger partial charge in [0.05, 0.1) is 0 Å². The van der Waals surface area contributed by atoms with Crippen molar-refractivity contribution in [2.24, 2.45) is 11.3 Å². The van der Waals surface area contributed by atoms with E-state index < -0.39 is 0 Å². The molecule has 0 aliphatic heterocycles. The van der Waals surface area contributed by atoms with Crippen LogP contribution in [0.2, 0.25) is 0 Å². The standard InChI is InChI=1S/C12H13NO/c14-11(9-3-7-13-8-4-9)12(5-6-12)10-1-2-10/h3-4,7-8,10H,1-2,5-6H2. The number of hydrogen-bond acceptors (Lipinski definition) is 2. The van der Waals surface area contributed by atoms with Gasteiger partial charge < -0.3 is 0 Å². The van der Waals surface area contributed by atoms with E-state index in [1.54, 1.807) is 12.4 Å². The largest absolute Gasteiger partial charge is 0.294 e. The molecule has 2 saturated carbocycles. The van der Waals surface area contributed by atoms with Crippen LogP contribution in [-0.2, 0) is 0 Å².